The van der Waals surface area contributed by atoms with Gasteiger partial charge in [0, 0.05) is 13.1 Å². The summed E-state index contributed by atoms with van der Waals surface area (Å²) in [6.07, 6.45) is 3.73. The number of rotatable bonds is 5. The smallest absolute Gasteiger partial charge is 0.285 e. The third kappa shape index (κ3) is 3.92. The predicted molar refractivity (Wildman–Crippen MR) is 93.7 cm³/mol. The van der Waals surface area contributed by atoms with Crippen molar-refractivity contribution in [2.75, 3.05) is 33.8 Å². The van der Waals surface area contributed by atoms with Gasteiger partial charge in [-0.3, -0.25) is 0 Å². The largest absolute Gasteiger partial charge is 0.316 e. The highest BCUT2D eigenvalue weighted by atomic mass is 32.2. The molecule has 23 heavy (non-hydrogen) atoms. The fourth-order valence-electron chi connectivity index (χ4n) is 2.29. The number of benzene rings is 1. The molecule has 0 bridgehead atoms. The van der Waals surface area contributed by atoms with Crippen molar-refractivity contribution in [3.05, 3.63) is 42.0 Å². The Balaban J connectivity index is 2.49. The van der Waals surface area contributed by atoms with Gasteiger partial charge in [-0.25, -0.2) is 9.34 Å². The lowest BCUT2D eigenvalue weighted by molar-refractivity contribution is 0.341. The lowest BCUT2D eigenvalue weighted by Gasteiger charge is -2.29. The van der Waals surface area contributed by atoms with Gasteiger partial charge in [0.2, 0.25) is 7.58 Å². The predicted octanol–water partition coefficient (Wildman–Crippen LogP) is 3.10. The molecule has 0 radical (unpaired) electrons. The van der Waals surface area contributed by atoms with Crippen molar-refractivity contribution >= 4 is 17.6 Å². The number of allylic oxidation sites excluding steroid dienone is 1. The van der Waals surface area contributed by atoms with Crippen molar-refractivity contribution in [3.63, 3.8) is 0 Å². The first-order chi connectivity index (χ1) is 10.8. The summed E-state index contributed by atoms with van der Waals surface area (Å²) < 4.78 is 39.5. The van der Waals surface area contributed by atoms with E-state index in [0.29, 0.717) is 6.61 Å². The van der Waals surface area contributed by atoms with E-state index in [1.54, 1.807) is 24.3 Å². The molecule has 2 rings (SSSR count). The van der Waals surface area contributed by atoms with Gasteiger partial charge in [-0.2, -0.15) is 8.42 Å². The van der Waals surface area contributed by atoms with Crippen LogP contribution in [0.15, 0.2) is 45.5 Å². The van der Waals surface area contributed by atoms with Gasteiger partial charge in [-0.1, -0.05) is 29.8 Å². The maximum atomic E-state index is 12.7. The van der Waals surface area contributed by atoms with Crippen LogP contribution < -0.4 is 0 Å². The van der Waals surface area contributed by atoms with E-state index in [1.807, 2.05) is 49.4 Å². The number of nitrogens with zero attached hydrogens (tertiary/aromatic N) is 3. The second-order valence-electron chi connectivity index (χ2n) is 5.51. The van der Waals surface area contributed by atoms with Crippen LogP contribution in [-0.2, 0) is 14.5 Å². The summed E-state index contributed by atoms with van der Waals surface area (Å²) in [6.45, 7) is 5.61. The summed E-state index contributed by atoms with van der Waals surface area (Å²) >= 11 is 0. The maximum absolute atomic E-state index is 12.7. The summed E-state index contributed by atoms with van der Waals surface area (Å²) in [5.74, 6) is 0. The molecular formula is C15H24N3O3PS. The SMILES string of the molecule is C/C=C/COP1(=NS(=O)(=O)c2ccc(C)cc2)N(C)CCN1C. The first-order valence-corrected chi connectivity index (χ1v) is 10.5. The topological polar surface area (TPSA) is 62.2 Å². The average molecular weight is 357 g/mol. The molecule has 128 valence electrons. The molecule has 0 saturated carbocycles. The minimum Gasteiger partial charge on any atom is -0.316 e. The Morgan fingerprint density at radius 1 is 1.22 bits per heavy atom. The molecule has 0 aliphatic carbocycles. The summed E-state index contributed by atoms with van der Waals surface area (Å²) in [7, 11) is -2.76. The molecule has 1 saturated heterocycles. The Morgan fingerprint density at radius 3 is 2.30 bits per heavy atom. The van der Waals surface area contributed by atoms with Crippen LogP contribution in [0.25, 0.3) is 0 Å². The monoisotopic (exact) mass is 357 g/mol. The molecule has 0 spiro atoms. The van der Waals surface area contributed by atoms with Crippen molar-refractivity contribution in [2.24, 2.45) is 4.15 Å². The van der Waals surface area contributed by atoms with Crippen molar-refractivity contribution < 1.29 is 12.9 Å². The van der Waals surface area contributed by atoms with Gasteiger partial charge in [0.05, 0.1) is 11.5 Å². The van der Waals surface area contributed by atoms with Gasteiger partial charge >= 0.3 is 0 Å². The van der Waals surface area contributed by atoms with E-state index in [1.165, 1.54) is 0 Å². The first-order valence-electron chi connectivity index (χ1n) is 7.46. The minimum atomic E-state index is -3.78. The van der Waals surface area contributed by atoms with E-state index < -0.39 is 17.6 Å². The Morgan fingerprint density at radius 2 is 1.78 bits per heavy atom. The number of hydrogen-bond donors (Lipinski definition) is 0. The number of likely N-dealkylation sites (N-methyl/N-ethyl adjacent to an activating group) is 2. The van der Waals surface area contributed by atoms with Gasteiger partial charge in [-0.15, -0.1) is 4.15 Å². The van der Waals surface area contributed by atoms with E-state index >= 15 is 0 Å². The average Bonchev–Trinajstić information content (AvgIpc) is 2.76. The summed E-state index contributed by atoms with van der Waals surface area (Å²) in [4.78, 5) is 0.200. The van der Waals surface area contributed by atoms with Gasteiger partial charge in [0.25, 0.3) is 10.0 Å². The van der Waals surface area contributed by atoms with Crippen LogP contribution in [0.2, 0.25) is 0 Å². The van der Waals surface area contributed by atoms with E-state index in [0.717, 1.165) is 18.7 Å². The standard InChI is InChI=1S/C15H24N3O3PS/c1-5-6-13-21-22(17(3)11-12-18(22)4)16-23(19,20)15-9-7-14(2)8-10-15/h5-10H,11-13H2,1-4H3/b6-5+. The number of aryl methyl sites for hydroxylation is 1. The van der Waals surface area contributed by atoms with Crippen LogP contribution in [0.5, 0.6) is 0 Å². The summed E-state index contributed by atoms with van der Waals surface area (Å²) in [5.41, 5.74) is 1.01. The van der Waals surface area contributed by atoms with Gasteiger partial charge in [0.15, 0.2) is 0 Å². The zero-order valence-electron chi connectivity index (χ0n) is 14.0. The van der Waals surface area contributed by atoms with Crippen LogP contribution in [0.3, 0.4) is 0 Å². The van der Waals surface area contributed by atoms with Crippen LogP contribution in [0.4, 0.5) is 0 Å². The Hall–Kier alpha value is -0.980. The van der Waals surface area contributed by atoms with Crippen molar-refractivity contribution in [2.45, 2.75) is 18.7 Å². The maximum Gasteiger partial charge on any atom is 0.285 e. The third-order valence-corrected chi connectivity index (χ3v) is 9.00. The molecule has 0 amide bonds. The Bertz CT molecular complexity index is 715. The van der Waals surface area contributed by atoms with Crippen LogP contribution in [0.1, 0.15) is 12.5 Å². The molecule has 1 fully saturated rings. The fourth-order valence-corrected chi connectivity index (χ4v) is 7.36. The number of hydrogen-bond acceptors (Lipinski definition) is 3. The molecule has 6 nitrogen and oxygen atoms in total. The zero-order valence-corrected chi connectivity index (χ0v) is 15.7. The van der Waals surface area contributed by atoms with Crippen molar-refractivity contribution in [1.82, 2.24) is 9.34 Å². The normalized spacial score (nSPS) is 19.5. The molecule has 1 aliphatic heterocycles. The summed E-state index contributed by atoms with van der Waals surface area (Å²) in [5, 5.41) is 0. The van der Waals surface area contributed by atoms with E-state index in [9.17, 15) is 8.42 Å². The first kappa shape index (κ1) is 18.4. The third-order valence-electron chi connectivity index (χ3n) is 3.75. The van der Waals surface area contributed by atoms with Crippen LogP contribution in [0, 0.1) is 6.92 Å². The van der Waals surface area contributed by atoms with Crippen LogP contribution in [-0.4, -0.2) is 51.6 Å². The quantitative estimate of drug-likeness (QED) is 0.599. The van der Waals surface area contributed by atoms with Crippen molar-refractivity contribution in [3.8, 4) is 0 Å². The van der Waals surface area contributed by atoms with Crippen LogP contribution >= 0.6 is 7.58 Å². The van der Waals surface area contributed by atoms with Gasteiger partial charge in [-0.05, 0) is 40.1 Å². The molecule has 0 unspecified atom stereocenters. The highest BCUT2D eigenvalue weighted by Crippen LogP contribution is 2.60. The molecule has 1 aromatic rings. The Kier molecular flexibility index (Phi) is 5.81. The fraction of sp³-hybridized carbons (Fsp3) is 0.467. The molecule has 0 atom stereocenters. The van der Waals surface area contributed by atoms with E-state index in [2.05, 4.69) is 4.15 Å². The zero-order chi connectivity index (χ0) is 17.1. The van der Waals surface area contributed by atoms with E-state index in [-0.39, 0.29) is 4.90 Å². The molecule has 1 heterocycles. The molecule has 1 aromatic carbocycles. The summed E-state index contributed by atoms with van der Waals surface area (Å²) in [6, 6.07) is 6.73. The molecular weight excluding hydrogens is 333 g/mol. The number of sulfonamides is 1. The molecule has 8 heteroatoms. The van der Waals surface area contributed by atoms with E-state index in [4.69, 9.17) is 4.52 Å². The highest BCUT2D eigenvalue weighted by Gasteiger charge is 2.39. The second-order valence-corrected chi connectivity index (χ2v) is 10.2. The minimum absolute atomic E-state index is 0.200. The lowest BCUT2D eigenvalue weighted by atomic mass is 10.2. The molecule has 1 aliphatic rings. The highest BCUT2D eigenvalue weighted by molar-refractivity contribution is 7.93. The van der Waals surface area contributed by atoms with Crippen molar-refractivity contribution in [1.29, 1.82) is 0 Å². The second kappa shape index (κ2) is 7.28. The molecule has 0 N–H and O–H groups in total. The van der Waals surface area contributed by atoms with Gasteiger partial charge < -0.3 is 4.52 Å². The molecule has 0 aromatic heterocycles. The lowest BCUT2D eigenvalue weighted by Crippen LogP contribution is -2.17. The van der Waals surface area contributed by atoms with Gasteiger partial charge in [0.1, 0.15) is 0 Å². The Labute approximate surface area is 139 Å².